The Balaban J connectivity index is 1.77. The summed E-state index contributed by atoms with van der Waals surface area (Å²) in [6.45, 7) is 3.24. The fourth-order valence-corrected chi connectivity index (χ4v) is 2.74. The van der Waals surface area contributed by atoms with E-state index >= 15 is 0 Å². The average Bonchev–Trinajstić information content (AvgIpc) is 2.86. The van der Waals surface area contributed by atoms with Crippen LogP contribution >= 0.6 is 0 Å². The highest BCUT2D eigenvalue weighted by molar-refractivity contribution is 5.99. The van der Waals surface area contributed by atoms with E-state index in [-0.39, 0.29) is 11.9 Å². The molecule has 1 amide bonds. The van der Waals surface area contributed by atoms with Crippen LogP contribution in [0.3, 0.4) is 0 Å². The molecule has 6 heteroatoms. The van der Waals surface area contributed by atoms with Crippen molar-refractivity contribution in [3.05, 3.63) is 47.7 Å². The summed E-state index contributed by atoms with van der Waals surface area (Å²) in [6, 6.07) is 9.16. The smallest absolute Gasteiger partial charge is 0.255 e. The van der Waals surface area contributed by atoms with Gasteiger partial charge in [0.05, 0.1) is 24.8 Å². The molecule has 1 aliphatic rings. The molecule has 0 saturated heterocycles. The van der Waals surface area contributed by atoms with Crippen molar-refractivity contribution in [3.63, 3.8) is 0 Å². The van der Waals surface area contributed by atoms with Crippen LogP contribution < -0.4 is 19.7 Å². The van der Waals surface area contributed by atoms with Crippen LogP contribution in [0.25, 0.3) is 0 Å². The Bertz CT molecular complexity index is 761. The maximum absolute atomic E-state index is 12.7. The molecule has 0 bridgehead atoms. The van der Waals surface area contributed by atoms with Crippen molar-refractivity contribution in [2.45, 2.75) is 19.4 Å². The second-order valence-electron chi connectivity index (χ2n) is 6.22. The van der Waals surface area contributed by atoms with Crippen molar-refractivity contribution in [3.8, 4) is 11.5 Å². The average molecular weight is 341 g/mol. The molecule has 132 valence electrons. The fourth-order valence-electron chi connectivity index (χ4n) is 2.74. The molecule has 0 spiro atoms. The minimum atomic E-state index is -0.167. The minimum Gasteiger partial charge on any atom is -0.490 e. The number of hydrogen-bond donors (Lipinski definition) is 1. The van der Waals surface area contributed by atoms with Gasteiger partial charge in [0.1, 0.15) is 5.82 Å². The molecule has 25 heavy (non-hydrogen) atoms. The highest BCUT2D eigenvalue weighted by Gasteiger charge is 2.18. The molecule has 3 rings (SSSR count). The zero-order valence-corrected chi connectivity index (χ0v) is 14.8. The van der Waals surface area contributed by atoms with Crippen LogP contribution in [0, 0.1) is 0 Å². The number of nitrogens with zero attached hydrogens (tertiary/aromatic N) is 2. The monoisotopic (exact) mass is 341 g/mol. The first-order chi connectivity index (χ1) is 12.1. The van der Waals surface area contributed by atoms with Crippen LogP contribution in [0.5, 0.6) is 11.5 Å². The fraction of sp³-hybridized carbons (Fsp3) is 0.368. The summed E-state index contributed by atoms with van der Waals surface area (Å²) in [7, 11) is 3.73. The molecule has 1 aliphatic heterocycles. The summed E-state index contributed by atoms with van der Waals surface area (Å²) in [5.74, 6) is 1.97. The van der Waals surface area contributed by atoms with E-state index in [4.69, 9.17) is 9.47 Å². The lowest BCUT2D eigenvalue weighted by Crippen LogP contribution is -2.28. The number of amides is 1. The lowest BCUT2D eigenvalue weighted by molar-refractivity contribution is 0.0940. The van der Waals surface area contributed by atoms with Gasteiger partial charge in [-0.15, -0.1) is 0 Å². The van der Waals surface area contributed by atoms with E-state index in [1.165, 1.54) is 0 Å². The maximum atomic E-state index is 12.7. The van der Waals surface area contributed by atoms with Gasteiger partial charge in [0.25, 0.3) is 5.91 Å². The molecule has 2 aromatic rings. The van der Waals surface area contributed by atoms with E-state index in [1.807, 2.05) is 44.1 Å². The van der Waals surface area contributed by atoms with E-state index in [1.54, 1.807) is 18.3 Å². The quantitative estimate of drug-likeness (QED) is 0.926. The van der Waals surface area contributed by atoms with Crippen molar-refractivity contribution in [1.29, 1.82) is 0 Å². The summed E-state index contributed by atoms with van der Waals surface area (Å²) in [6.07, 6.45) is 2.55. The van der Waals surface area contributed by atoms with Gasteiger partial charge in [0.2, 0.25) is 0 Å². The first-order valence-corrected chi connectivity index (χ1v) is 8.39. The predicted octanol–water partition coefficient (Wildman–Crippen LogP) is 2.80. The Morgan fingerprint density at radius 1 is 1.20 bits per heavy atom. The van der Waals surface area contributed by atoms with Crippen LogP contribution in [-0.4, -0.2) is 38.2 Å². The van der Waals surface area contributed by atoms with Gasteiger partial charge in [0.15, 0.2) is 11.5 Å². The Hall–Kier alpha value is -2.76. The molecule has 0 saturated carbocycles. The number of ether oxygens (including phenoxy) is 2. The zero-order valence-electron chi connectivity index (χ0n) is 14.8. The first kappa shape index (κ1) is 17.1. The summed E-state index contributed by atoms with van der Waals surface area (Å²) < 4.78 is 11.4. The molecule has 0 fully saturated rings. The lowest BCUT2D eigenvalue weighted by Gasteiger charge is -2.19. The number of fused-ring (bicyclic) bond motifs is 1. The predicted molar refractivity (Wildman–Crippen MR) is 96.5 cm³/mol. The van der Waals surface area contributed by atoms with Crippen LogP contribution in [0.1, 0.15) is 35.3 Å². The van der Waals surface area contributed by atoms with Crippen LogP contribution in [0.4, 0.5) is 5.82 Å². The summed E-state index contributed by atoms with van der Waals surface area (Å²) >= 11 is 0. The van der Waals surface area contributed by atoms with Gasteiger partial charge in [-0.05, 0) is 36.8 Å². The Labute approximate surface area is 147 Å². The number of nitrogens with one attached hydrogen (secondary N) is 1. The second kappa shape index (κ2) is 7.42. The Morgan fingerprint density at radius 2 is 1.96 bits per heavy atom. The van der Waals surface area contributed by atoms with E-state index in [9.17, 15) is 4.79 Å². The van der Waals surface area contributed by atoms with Crippen LogP contribution in [0.2, 0.25) is 0 Å². The third-order valence-corrected chi connectivity index (χ3v) is 4.07. The summed E-state index contributed by atoms with van der Waals surface area (Å²) in [4.78, 5) is 18.8. The minimum absolute atomic E-state index is 0.156. The zero-order chi connectivity index (χ0) is 17.8. The largest absolute Gasteiger partial charge is 0.490 e. The van der Waals surface area contributed by atoms with Crippen LogP contribution in [0.15, 0.2) is 36.5 Å². The van der Waals surface area contributed by atoms with Crippen molar-refractivity contribution >= 4 is 11.7 Å². The van der Waals surface area contributed by atoms with E-state index in [0.717, 1.165) is 23.5 Å². The molecule has 6 nitrogen and oxygen atoms in total. The van der Waals surface area contributed by atoms with E-state index in [0.29, 0.717) is 24.6 Å². The number of anilines is 1. The van der Waals surface area contributed by atoms with Gasteiger partial charge in [-0.3, -0.25) is 4.79 Å². The van der Waals surface area contributed by atoms with Gasteiger partial charge in [-0.1, -0.05) is 6.07 Å². The number of carbonyl (C=O) groups is 1. The van der Waals surface area contributed by atoms with Gasteiger partial charge in [-0.2, -0.15) is 0 Å². The topological polar surface area (TPSA) is 63.7 Å². The standard InChI is InChI=1S/C19H23N3O3/c1-13(14-7-8-16-17(12-14)25-11-5-10-24-16)21-19(23)15-6-4-9-20-18(15)22(2)3/h4,6-9,12-13H,5,10-11H2,1-3H3,(H,21,23)/t13-/m1/s1. The Kier molecular flexibility index (Phi) is 5.07. The van der Waals surface area contributed by atoms with Gasteiger partial charge < -0.3 is 19.7 Å². The van der Waals surface area contributed by atoms with Crippen molar-refractivity contribution in [2.24, 2.45) is 0 Å². The van der Waals surface area contributed by atoms with E-state index in [2.05, 4.69) is 10.3 Å². The molecule has 0 unspecified atom stereocenters. The number of hydrogen-bond acceptors (Lipinski definition) is 5. The number of aromatic nitrogens is 1. The molecule has 1 aromatic heterocycles. The first-order valence-electron chi connectivity index (χ1n) is 8.39. The molecular weight excluding hydrogens is 318 g/mol. The van der Waals surface area contributed by atoms with Crippen molar-refractivity contribution in [1.82, 2.24) is 10.3 Å². The maximum Gasteiger partial charge on any atom is 0.255 e. The molecule has 1 aromatic carbocycles. The molecular formula is C19H23N3O3. The number of benzene rings is 1. The molecule has 2 heterocycles. The third kappa shape index (κ3) is 3.84. The number of carbonyl (C=O) groups excluding carboxylic acids is 1. The summed E-state index contributed by atoms with van der Waals surface area (Å²) in [5, 5.41) is 3.03. The van der Waals surface area contributed by atoms with Gasteiger partial charge >= 0.3 is 0 Å². The lowest BCUT2D eigenvalue weighted by atomic mass is 10.1. The summed E-state index contributed by atoms with van der Waals surface area (Å²) in [5.41, 5.74) is 1.52. The molecule has 0 aliphatic carbocycles. The third-order valence-electron chi connectivity index (χ3n) is 4.07. The number of pyridine rings is 1. The van der Waals surface area contributed by atoms with Crippen molar-refractivity contribution < 1.29 is 14.3 Å². The van der Waals surface area contributed by atoms with Gasteiger partial charge in [-0.25, -0.2) is 4.98 Å². The molecule has 0 radical (unpaired) electrons. The highest BCUT2D eigenvalue weighted by atomic mass is 16.5. The van der Waals surface area contributed by atoms with Gasteiger partial charge in [0, 0.05) is 26.7 Å². The number of rotatable bonds is 4. The van der Waals surface area contributed by atoms with E-state index < -0.39 is 0 Å². The second-order valence-corrected chi connectivity index (χ2v) is 6.22. The molecule has 1 atom stereocenters. The van der Waals surface area contributed by atoms with Crippen LogP contribution in [-0.2, 0) is 0 Å². The SMILES string of the molecule is C[C@@H](NC(=O)c1cccnc1N(C)C)c1ccc2c(c1)OCCCO2. The Morgan fingerprint density at radius 3 is 2.72 bits per heavy atom. The van der Waals surface area contributed by atoms with Crippen molar-refractivity contribution in [2.75, 3.05) is 32.2 Å². The highest BCUT2D eigenvalue weighted by Crippen LogP contribution is 2.32. The normalized spacial score (nSPS) is 14.4. The molecule has 1 N–H and O–H groups in total.